The van der Waals surface area contributed by atoms with Crippen molar-refractivity contribution in [1.82, 2.24) is 0 Å². The second kappa shape index (κ2) is 8.03. The minimum Gasteiger partial charge on any atom is -0.497 e. The molecule has 1 atom stereocenters. The first-order valence-corrected chi connectivity index (χ1v) is 7.28. The lowest BCUT2D eigenvalue weighted by atomic mass is 10.3. The van der Waals surface area contributed by atoms with E-state index in [2.05, 4.69) is 12.2 Å². The maximum absolute atomic E-state index is 11.9. The summed E-state index contributed by atoms with van der Waals surface area (Å²) in [6.45, 7) is 4.09. The number of thioether (sulfide) groups is 1. The van der Waals surface area contributed by atoms with Gasteiger partial charge in [0.25, 0.3) is 0 Å². The Labute approximate surface area is 113 Å². The molecule has 0 fully saturated rings. The highest BCUT2D eigenvalue weighted by Crippen LogP contribution is 2.19. The molecule has 3 nitrogen and oxygen atoms in total. The highest BCUT2D eigenvalue weighted by Gasteiger charge is 2.13. The Hall–Kier alpha value is -1.16. The Morgan fingerprint density at radius 2 is 2.28 bits per heavy atom. The molecule has 0 radical (unpaired) electrons. The molecular weight excluding hydrogens is 246 g/mol. The molecular formula is C14H21NO2S. The lowest BCUT2D eigenvalue weighted by Crippen LogP contribution is -2.22. The zero-order chi connectivity index (χ0) is 13.4. The molecule has 0 aliphatic rings. The topological polar surface area (TPSA) is 38.3 Å². The molecule has 0 saturated heterocycles. The Balaban J connectivity index is 2.47. The Morgan fingerprint density at radius 1 is 1.50 bits per heavy atom. The fourth-order valence-corrected chi connectivity index (χ4v) is 2.44. The molecule has 0 aliphatic carbocycles. The highest BCUT2D eigenvalue weighted by molar-refractivity contribution is 8.00. The van der Waals surface area contributed by atoms with Crippen LogP contribution in [0.1, 0.15) is 26.7 Å². The molecule has 0 aliphatic heterocycles. The van der Waals surface area contributed by atoms with Crippen molar-refractivity contribution in [2.24, 2.45) is 0 Å². The Kier molecular flexibility index (Phi) is 6.65. The van der Waals surface area contributed by atoms with Gasteiger partial charge >= 0.3 is 0 Å². The van der Waals surface area contributed by atoms with Crippen LogP contribution in [-0.2, 0) is 4.79 Å². The van der Waals surface area contributed by atoms with E-state index in [0.29, 0.717) is 0 Å². The van der Waals surface area contributed by atoms with E-state index in [1.165, 1.54) is 0 Å². The maximum Gasteiger partial charge on any atom is 0.237 e. The van der Waals surface area contributed by atoms with Crippen molar-refractivity contribution in [2.75, 3.05) is 18.2 Å². The van der Waals surface area contributed by atoms with Gasteiger partial charge < -0.3 is 10.1 Å². The molecule has 1 N–H and O–H groups in total. The molecule has 100 valence electrons. The third kappa shape index (κ3) is 5.00. The second-order valence-corrected chi connectivity index (χ2v) is 5.54. The van der Waals surface area contributed by atoms with Crippen molar-refractivity contribution in [2.45, 2.75) is 31.9 Å². The fraction of sp³-hybridized carbons (Fsp3) is 0.500. The molecule has 1 rings (SSSR count). The number of ether oxygens (including phenoxy) is 1. The molecule has 1 aromatic carbocycles. The van der Waals surface area contributed by atoms with E-state index >= 15 is 0 Å². The van der Waals surface area contributed by atoms with Crippen molar-refractivity contribution in [3.63, 3.8) is 0 Å². The normalized spacial score (nSPS) is 11.9. The summed E-state index contributed by atoms with van der Waals surface area (Å²) < 4.78 is 5.12. The van der Waals surface area contributed by atoms with Gasteiger partial charge in [-0.3, -0.25) is 4.79 Å². The molecule has 1 amide bonds. The molecule has 1 aromatic rings. The van der Waals surface area contributed by atoms with Crippen LogP contribution < -0.4 is 10.1 Å². The number of nitrogens with one attached hydrogen (secondary N) is 1. The number of benzene rings is 1. The SMILES string of the molecule is CCCCSC(C)C(=O)Nc1cccc(OC)c1. The molecule has 18 heavy (non-hydrogen) atoms. The van der Waals surface area contributed by atoms with Crippen LogP contribution in [0, 0.1) is 0 Å². The number of methoxy groups -OCH3 is 1. The van der Waals surface area contributed by atoms with Crippen LogP contribution in [0.25, 0.3) is 0 Å². The van der Waals surface area contributed by atoms with Gasteiger partial charge in [-0.1, -0.05) is 19.4 Å². The fourth-order valence-electron chi connectivity index (χ4n) is 1.42. The van der Waals surface area contributed by atoms with Crippen molar-refractivity contribution < 1.29 is 9.53 Å². The van der Waals surface area contributed by atoms with Crippen molar-refractivity contribution in [1.29, 1.82) is 0 Å². The molecule has 0 spiro atoms. The number of hydrogen-bond donors (Lipinski definition) is 1. The number of carbonyl (C=O) groups excluding carboxylic acids is 1. The van der Waals surface area contributed by atoms with E-state index in [0.717, 1.165) is 30.0 Å². The zero-order valence-electron chi connectivity index (χ0n) is 11.2. The summed E-state index contributed by atoms with van der Waals surface area (Å²) in [5, 5.41) is 2.88. The second-order valence-electron chi connectivity index (χ2n) is 4.09. The van der Waals surface area contributed by atoms with Gasteiger partial charge in [0.05, 0.1) is 12.4 Å². The predicted octanol–water partition coefficient (Wildman–Crippen LogP) is 3.56. The van der Waals surface area contributed by atoms with E-state index in [4.69, 9.17) is 4.74 Å². The largest absolute Gasteiger partial charge is 0.497 e. The van der Waals surface area contributed by atoms with Gasteiger partial charge in [0.15, 0.2) is 0 Å². The van der Waals surface area contributed by atoms with E-state index in [1.807, 2.05) is 31.2 Å². The van der Waals surface area contributed by atoms with Crippen molar-refractivity contribution in [3.05, 3.63) is 24.3 Å². The first-order chi connectivity index (χ1) is 8.67. The van der Waals surface area contributed by atoms with E-state index in [1.54, 1.807) is 18.9 Å². The maximum atomic E-state index is 11.9. The third-order valence-electron chi connectivity index (χ3n) is 2.57. The Bertz CT molecular complexity index is 382. The van der Waals surface area contributed by atoms with Crippen LogP contribution in [0.15, 0.2) is 24.3 Å². The minimum atomic E-state index is -0.0252. The smallest absolute Gasteiger partial charge is 0.237 e. The summed E-state index contributed by atoms with van der Waals surface area (Å²) in [7, 11) is 1.62. The molecule has 0 bridgehead atoms. The number of amides is 1. The van der Waals surface area contributed by atoms with E-state index in [-0.39, 0.29) is 11.2 Å². The summed E-state index contributed by atoms with van der Waals surface area (Å²) in [5.41, 5.74) is 0.780. The summed E-state index contributed by atoms with van der Waals surface area (Å²) in [6, 6.07) is 7.41. The number of anilines is 1. The van der Waals surface area contributed by atoms with Crippen LogP contribution in [0.5, 0.6) is 5.75 Å². The van der Waals surface area contributed by atoms with Gasteiger partial charge in [-0.15, -0.1) is 11.8 Å². The van der Waals surface area contributed by atoms with Gasteiger partial charge in [-0.2, -0.15) is 0 Å². The molecule has 0 saturated carbocycles. The zero-order valence-corrected chi connectivity index (χ0v) is 12.0. The van der Waals surface area contributed by atoms with Crippen molar-refractivity contribution in [3.8, 4) is 5.75 Å². The van der Waals surface area contributed by atoms with Crippen LogP contribution >= 0.6 is 11.8 Å². The molecule has 1 unspecified atom stereocenters. The number of carbonyl (C=O) groups is 1. The average molecular weight is 267 g/mol. The van der Waals surface area contributed by atoms with Crippen molar-refractivity contribution >= 4 is 23.4 Å². The number of hydrogen-bond acceptors (Lipinski definition) is 3. The van der Waals surface area contributed by atoms with Gasteiger partial charge in [0.2, 0.25) is 5.91 Å². The first-order valence-electron chi connectivity index (χ1n) is 6.24. The summed E-state index contributed by atoms with van der Waals surface area (Å²) in [6.07, 6.45) is 2.32. The van der Waals surface area contributed by atoms with E-state index < -0.39 is 0 Å². The van der Waals surface area contributed by atoms with Gasteiger partial charge in [-0.25, -0.2) is 0 Å². The van der Waals surface area contributed by atoms with Gasteiger partial charge in [0, 0.05) is 11.8 Å². The number of rotatable bonds is 7. The monoisotopic (exact) mass is 267 g/mol. The van der Waals surface area contributed by atoms with Crippen LogP contribution in [0.2, 0.25) is 0 Å². The average Bonchev–Trinajstić information content (AvgIpc) is 2.39. The third-order valence-corrected chi connectivity index (χ3v) is 3.81. The molecule has 4 heteroatoms. The lowest BCUT2D eigenvalue weighted by molar-refractivity contribution is -0.115. The van der Waals surface area contributed by atoms with E-state index in [9.17, 15) is 4.79 Å². The van der Waals surface area contributed by atoms with Crippen LogP contribution in [0.4, 0.5) is 5.69 Å². The standard InChI is InChI=1S/C14H21NO2S/c1-4-5-9-18-11(2)14(16)15-12-7-6-8-13(10-12)17-3/h6-8,10-11H,4-5,9H2,1-3H3,(H,15,16). The van der Waals surface area contributed by atoms with Crippen LogP contribution in [0.3, 0.4) is 0 Å². The number of unbranched alkanes of at least 4 members (excludes halogenated alkanes) is 1. The molecule has 0 heterocycles. The molecule has 0 aromatic heterocycles. The van der Waals surface area contributed by atoms with Gasteiger partial charge in [0.1, 0.15) is 5.75 Å². The predicted molar refractivity (Wildman–Crippen MR) is 78.5 cm³/mol. The summed E-state index contributed by atoms with van der Waals surface area (Å²) in [4.78, 5) is 11.9. The van der Waals surface area contributed by atoms with Crippen LogP contribution in [-0.4, -0.2) is 24.0 Å². The highest BCUT2D eigenvalue weighted by atomic mass is 32.2. The quantitative estimate of drug-likeness (QED) is 0.768. The minimum absolute atomic E-state index is 0.0252. The lowest BCUT2D eigenvalue weighted by Gasteiger charge is -2.12. The summed E-state index contributed by atoms with van der Waals surface area (Å²) >= 11 is 1.69. The first kappa shape index (κ1) is 14.9. The Morgan fingerprint density at radius 3 is 2.94 bits per heavy atom. The summed E-state index contributed by atoms with van der Waals surface area (Å²) in [5.74, 6) is 1.83. The van der Waals surface area contributed by atoms with Gasteiger partial charge in [-0.05, 0) is 31.2 Å².